The summed E-state index contributed by atoms with van der Waals surface area (Å²) in [5, 5.41) is 29.0. The lowest BCUT2D eigenvalue weighted by Crippen LogP contribution is -2.45. The van der Waals surface area contributed by atoms with Crippen molar-refractivity contribution in [1.29, 1.82) is 0 Å². The van der Waals surface area contributed by atoms with Gasteiger partial charge in [0.1, 0.15) is 13.2 Å². The number of carboxylic acids is 1. The summed E-state index contributed by atoms with van der Waals surface area (Å²) in [4.78, 5) is 35.7. The lowest BCUT2D eigenvalue weighted by atomic mass is 9.95. The van der Waals surface area contributed by atoms with Gasteiger partial charge < -0.3 is 44.5 Å². The Kier molecular flexibility index (Phi) is 12.2. The number of aliphatic hydroxyl groups excluding tert-OH is 1. The molecule has 0 unspecified atom stereocenters. The number of allylic oxidation sites excluding steroid dienone is 1. The maximum Gasteiger partial charge on any atom is 0.337 e. The second kappa shape index (κ2) is 16.7. The number of hydrazone groups is 1. The van der Waals surface area contributed by atoms with Crippen LogP contribution in [-0.2, 0) is 16.1 Å². The van der Waals surface area contributed by atoms with E-state index in [0.29, 0.717) is 53.0 Å². The van der Waals surface area contributed by atoms with Gasteiger partial charge >= 0.3 is 18.0 Å². The Hall–Kier alpha value is -5.76. The Morgan fingerprint density at radius 3 is 2.27 bits per heavy atom. The molecule has 1 aliphatic rings. The molecule has 0 spiro atoms. The number of amides is 2. The molecule has 254 valence electrons. The Labute approximate surface area is 277 Å². The first-order chi connectivity index (χ1) is 23.1. The van der Waals surface area contributed by atoms with E-state index in [-0.39, 0.29) is 24.4 Å². The number of carbonyl (C=O) groups excluding carboxylic acids is 2. The molecule has 0 fully saturated rings. The number of urea groups is 1. The van der Waals surface area contributed by atoms with Crippen LogP contribution in [0.25, 0.3) is 0 Å². The topological polar surface area (TPSA) is 186 Å². The van der Waals surface area contributed by atoms with Crippen molar-refractivity contribution >= 4 is 24.2 Å². The first-order valence-electron chi connectivity index (χ1n) is 15.1. The van der Waals surface area contributed by atoms with E-state index < -0.39 is 30.2 Å². The zero-order valence-electron chi connectivity index (χ0n) is 26.9. The van der Waals surface area contributed by atoms with Crippen LogP contribution >= 0.6 is 0 Å². The number of rotatable bonds is 16. The van der Waals surface area contributed by atoms with Gasteiger partial charge in [-0.1, -0.05) is 18.2 Å². The molecule has 2 amide bonds. The molecule has 1 heterocycles. The first-order valence-corrected chi connectivity index (χ1v) is 15.1. The fourth-order valence-electron chi connectivity index (χ4n) is 4.72. The van der Waals surface area contributed by atoms with Gasteiger partial charge in [0.2, 0.25) is 0 Å². The van der Waals surface area contributed by atoms with Crippen LogP contribution in [0.1, 0.15) is 53.9 Å². The predicted octanol–water partition coefficient (Wildman–Crippen LogP) is 3.88. The SMILES string of the molecule is CCOc1cc(/C=N\N[C@H](O)COc2ccc([C@H]3NC(=O)NC(C)=C3C(=O)OC)cc2OCC)ccc1OCc1ccc(C(=O)O)cc1. The summed E-state index contributed by atoms with van der Waals surface area (Å²) in [6.45, 7) is 6.02. The number of hydrogen-bond acceptors (Lipinski definition) is 11. The predicted molar refractivity (Wildman–Crippen MR) is 174 cm³/mol. The lowest BCUT2D eigenvalue weighted by Gasteiger charge is -2.28. The zero-order chi connectivity index (χ0) is 34.6. The summed E-state index contributed by atoms with van der Waals surface area (Å²) < 4.78 is 28.1. The average Bonchev–Trinajstić information content (AvgIpc) is 3.07. The first kappa shape index (κ1) is 35.1. The Morgan fingerprint density at radius 2 is 1.60 bits per heavy atom. The maximum absolute atomic E-state index is 12.5. The number of aliphatic hydroxyl groups is 1. The summed E-state index contributed by atoms with van der Waals surface area (Å²) in [6, 6.07) is 15.4. The second-order valence-corrected chi connectivity index (χ2v) is 10.3. The highest BCUT2D eigenvalue weighted by Gasteiger charge is 2.32. The third-order valence-corrected chi connectivity index (χ3v) is 6.97. The van der Waals surface area contributed by atoms with Crippen molar-refractivity contribution < 1.29 is 48.3 Å². The molecule has 0 aromatic heterocycles. The number of ether oxygens (including phenoxy) is 5. The monoisotopic (exact) mass is 662 g/mol. The van der Waals surface area contributed by atoms with Crippen LogP contribution in [-0.4, -0.2) is 67.6 Å². The molecular formula is C34H38N4O10. The molecule has 48 heavy (non-hydrogen) atoms. The van der Waals surface area contributed by atoms with Crippen molar-refractivity contribution in [2.75, 3.05) is 26.9 Å². The largest absolute Gasteiger partial charge is 0.490 e. The molecule has 0 bridgehead atoms. The summed E-state index contributed by atoms with van der Waals surface area (Å²) in [6.07, 6.45) is 0.319. The van der Waals surface area contributed by atoms with Crippen molar-refractivity contribution in [2.24, 2.45) is 5.10 Å². The third kappa shape index (κ3) is 9.16. The molecule has 1 aliphatic heterocycles. The van der Waals surface area contributed by atoms with E-state index >= 15 is 0 Å². The number of nitrogens with one attached hydrogen (secondary N) is 3. The highest BCUT2D eigenvalue weighted by molar-refractivity contribution is 5.95. The third-order valence-electron chi connectivity index (χ3n) is 6.97. The van der Waals surface area contributed by atoms with Gasteiger partial charge in [0.15, 0.2) is 29.2 Å². The normalized spacial score (nSPS) is 14.9. The molecule has 14 nitrogen and oxygen atoms in total. The number of benzene rings is 3. The number of hydrogen-bond donors (Lipinski definition) is 5. The van der Waals surface area contributed by atoms with Crippen LogP contribution < -0.4 is 35.0 Å². The van der Waals surface area contributed by atoms with E-state index in [1.807, 2.05) is 6.92 Å². The highest BCUT2D eigenvalue weighted by Crippen LogP contribution is 2.35. The standard InChI is InChI=1S/C34H38N4O10/c1-5-45-27-15-22(9-13-25(27)47-18-21-7-10-23(11-8-21)32(40)41)17-35-38-29(39)19-48-26-14-12-24(16-28(26)46-6-2)31-30(33(42)44-4)20(3)36-34(43)37-31/h7-17,29,31,38-39H,5-6,18-19H2,1-4H3,(H,40,41)(H2,36,37,43)/b35-17-/t29-,31-/m1/s1. The fraction of sp³-hybridized carbons (Fsp3) is 0.294. The van der Waals surface area contributed by atoms with Gasteiger partial charge in [0.05, 0.1) is 43.7 Å². The molecule has 0 aliphatic carbocycles. The molecule has 4 rings (SSSR count). The van der Waals surface area contributed by atoms with Crippen LogP contribution in [0.5, 0.6) is 23.0 Å². The van der Waals surface area contributed by atoms with Crippen LogP contribution in [0.2, 0.25) is 0 Å². The van der Waals surface area contributed by atoms with Gasteiger partial charge in [-0.2, -0.15) is 5.10 Å². The van der Waals surface area contributed by atoms with E-state index in [0.717, 1.165) is 5.56 Å². The van der Waals surface area contributed by atoms with Crippen molar-refractivity contribution in [3.8, 4) is 23.0 Å². The Balaban J connectivity index is 1.36. The van der Waals surface area contributed by atoms with Crippen LogP contribution in [0.15, 0.2) is 77.0 Å². The zero-order valence-corrected chi connectivity index (χ0v) is 26.9. The quantitative estimate of drug-likeness (QED) is 0.0649. The number of esters is 1. The second-order valence-electron chi connectivity index (χ2n) is 10.3. The molecule has 2 atom stereocenters. The molecule has 5 N–H and O–H groups in total. The summed E-state index contributed by atoms with van der Waals surface area (Å²) in [5.41, 5.74) is 5.48. The summed E-state index contributed by atoms with van der Waals surface area (Å²) in [7, 11) is 1.27. The van der Waals surface area contributed by atoms with Gasteiger partial charge in [-0.3, -0.25) is 5.43 Å². The minimum atomic E-state index is -1.18. The highest BCUT2D eigenvalue weighted by atomic mass is 16.5. The van der Waals surface area contributed by atoms with Gasteiger partial charge in [-0.15, -0.1) is 0 Å². The minimum Gasteiger partial charge on any atom is -0.490 e. The molecule has 14 heteroatoms. The van der Waals surface area contributed by atoms with Crippen molar-refractivity contribution in [3.05, 3.63) is 94.2 Å². The minimum absolute atomic E-state index is 0.183. The van der Waals surface area contributed by atoms with E-state index in [4.69, 9.17) is 28.8 Å². The van der Waals surface area contributed by atoms with E-state index in [1.54, 1.807) is 62.4 Å². The van der Waals surface area contributed by atoms with Crippen LogP contribution in [0.4, 0.5) is 4.79 Å². The summed E-state index contributed by atoms with van der Waals surface area (Å²) in [5.74, 6) is 0.102. The van der Waals surface area contributed by atoms with Gasteiger partial charge in [-0.25, -0.2) is 14.4 Å². The molecule has 3 aromatic carbocycles. The summed E-state index contributed by atoms with van der Waals surface area (Å²) >= 11 is 0. The van der Waals surface area contributed by atoms with Crippen molar-refractivity contribution in [2.45, 2.75) is 39.6 Å². The molecule has 0 saturated carbocycles. The van der Waals surface area contributed by atoms with Gasteiger partial charge in [0.25, 0.3) is 0 Å². The van der Waals surface area contributed by atoms with E-state index in [2.05, 4.69) is 21.2 Å². The lowest BCUT2D eigenvalue weighted by molar-refractivity contribution is -0.136. The number of methoxy groups -OCH3 is 1. The van der Waals surface area contributed by atoms with Crippen molar-refractivity contribution in [3.63, 3.8) is 0 Å². The Bertz CT molecular complexity index is 1670. The molecule has 3 aromatic rings. The van der Waals surface area contributed by atoms with Crippen molar-refractivity contribution in [1.82, 2.24) is 16.1 Å². The molecule has 0 radical (unpaired) electrons. The molecular weight excluding hydrogens is 624 g/mol. The average molecular weight is 663 g/mol. The smallest absolute Gasteiger partial charge is 0.337 e. The van der Waals surface area contributed by atoms with E-state index in [1.165, 1.54) is 25.5 Å². The maximum atomic E-state index is 12.5. The number of aromatic carboxylic acids is 1. The number of carbonyl (C=O) groups is 3. The molecule has 0 saturated heterocycles. The van der Waals surface area contributed by atoms with E-state index in [9.17, 15) is 19.5 Å². The van der Waals surface area contributed by atoms with Crippen LogP contribution in [0.3, 0.4) is 0 Å². The fourth-order valence-corrected chi connectivity index (χ4v) is 4.72. The Morgan fingerprint density at radius 1 is 0.938 bits per heavy atom. The van der Waals surface area contributed by atoms with Crippen LogP contribution in [0, 0.1) is 0 Å². The van der Waals surface area contributed by atoms with Gasteiger partial charge in [-0.05, 0) is 79.9 Å². The number of nitrogens with zero attached hydrogens (tertiary/aromatic N) is 1. The number of carboxylic acid groups (broad SMARTS) is 1. The van der Waals surface area contributed by atoms with Gasteiger partial charge in [0, 0.05) is 5.70 Å².